The number of rotatable bonds is 0. The fraction of sp³-hybridized carbons (Fsp3) is 0. The molecule has 0 aromatic heterocycles. The van der Waals surface area contributed by atoms with E-state index >= 15 is 0 Å². The predicted octanol–water partition coefficient (Wildman–Crippen LogP) is 1.15. The molecular weight excluding hydrogens is 168 g/mol. The van der Waals surface area contributed by atoms with Gasteiger partial charge in [0.2, 0.25) is 0 Å². The topological polar surface area (TPSA) is 0 Å². The summed E-state index contributed by atoms with van der Waals surface area (Å²) >= 11 is 9.11. The first-order valence-corrected chi connectivity index (χ1v) is 3.12. The van der Waals surface area contributed by atoms with Gasteiger partial charge in [-0.25, -0.2) is 0 Å². The fourth-order valence-corrected chi connectivity index (χ4v) is 0.768. The third-order valence-corrected chi connectivity index (χ3v) is 1.77. The van der Waals surface area contributed by atoms with E-state index in [4.69, 9.17) is 16.0 Å². The van der Waals surface area contributed by atoms with Gasteiger partial charge in [-0.3, -0.25) is 0 Å². The van der Waals surface area contributed by atoms with Gasteiger partial charge in [0.15, 0.2) is 0 Å². The van der Waals surface area contributed by atoms with Gasteiger partial charge in [-0.2, -0.15) is 0 Å². The second-order valence-corrected chi connectivity index (χ2v) is 2.40. The Morgan fingerprint density at radius 2 is 1.88 bits per heavy atom. The zero-order chi connectivity index (χ0) is 5.98. The molecule has 46 valence electrons. The average molecular weight is 173 g/mol. The molecule has 0 spiro atoms. The second-order valence-electron chi connectivity index (χ2n) is 1.41. The van der Waals surface area contributed by atoms with Gasteiger partial charge in [0.1, 0.15) is 0 Å². The molecule has 0 nitrogen and oxygen atoms in total. The molecule has 1 aromatic rings. The maximum absolute atomic E-state index is 5.02. The Kier molecular flexibility index (Phi) is 2.01. The van der Waals surface area contributed by atoms with Gasteiger partial charge < -0.3 is 0 Å². The molecular formula is C6H5CuS. The van der Waals surface area contributed by atoms with Crippen LogP contribution in [0.15, 0.2) is 29.2 Å². The number of thiol groups is 1. The zero-order valence-corrected chi connectivity index (χ0v) is 5.89. The van der Waals surface area contributed by atoms with E-state index < -0.39 is 0 Å². The summed E-state index contributed by atoms with van der Waals surface area (Å²) in [6.45, 7) is 0. The minimum atomic E-state index is 0.795. The molecule has 1 rings (SSSR count). The molecule has 0 heterocycles. The van der Waals surface area contributed by atoms with Crippen molar-refractivity contribution in [3.8, 4) is 0 Å². The monoisotopic (exact) mass is 172 g/mol. The maximum atomic E-state index is 5.02. The first kappa shape index (κ1) is 6.21. The van der Waals surface area contributed by atoms with Crippen molar-refractivity contribution in [2.45, 2.75) is 4.90 Å². The minimum absolute atomic E-state index is 0.795. The molecule has 0 aliphatic rings. The Morgan fingerprint density at radius 3 is 2.25 bits per heavy atom. The van der Waals surface area contributed by atoms with E-state index in [9.17, 15) is 0 Å². The number of hydrogen-bond acceptors (Lipinski definition) is 1. The van der Waals surface area contributed by atoms with Gasteiger partial charge in [0, 0.05) is 0 Å². The Bertz CT molecular complexity index is 165. The van der Waals surface area contributed by atoms with Crippen LogP contribution in [-0.2, 0) is 16.0 Å². The van der Waals surface area contributed by atoms with E-state index in [2.05, 4.69) is 12.6 Å². The van der Waals surface area contributed by atoms with Crippen LogP contribution in [0.4, 0.5) is 0 Å². The molecule has 2 heteroatoms. The third kappa shape index (κ3) is 1.28. The Morgan fingerprint density at radius 1 is 1.25 bits per heavy atom. The van der Waals surface area contributed by atoms with Crippen LogP contribution in [0.1, 0.15) is 0 Å². The Hall–Kier alpha value is 0.0895. The molecule has 0 atom stereocenters. The quantitative estimate of drug-likeness (QED) is 0.441. The van der Waals surface area contributed by atoms with Gasteiger partial charge >= 0.3 is 62.3 Å². The molecule has 0 N–H and O–H groups in total. The van der Waals surface area contributed by atoms with E-state index in [0.29, 0.717) is 0 Å². The van der Waals surface area contributed by atoms with Crippen LogP contribution < -0.4 is 4.46 Å². The summed E-state index contributed by atoms with van der Waals surface area (Å²) in [5, 5.41) is 0. The predicted molar refractivity (Wildman–Crippen MR) is 33.3 cm³/mol. The van der Waals surface area contributed by atoms with Gasteiger partial charge in [0.25, 0.3) is 0 Å². The molecule has 8 heavy (non-hydrogen) atoms. The van der Waals surface area contributed by atoms with Crippen LogP contribution in [0.25, 0.3) is 0 Å². The van der Waals surface area contributed by atoms with E-state index in [0.717, 1.165) is 9.36 Å². The third-order valence-electron chi connectivity index (χ3n) is 0.820. The van der Waals surface area contributed by atoms with E-state index in [1.54, 1.807) is 0 Å². The first-order valence-electron chi connectivity index (χ1n) is 2.20. The van der Waals surface area contributed by atoms with Crippen LogP contribution in [0.5, 0.6) is 0 Å². The van der Waals surface area contributed by atoms with Gasteiger partial charge in [-0.05, 0) is 0 Å². The van der Waals surface area contributed by atoms with Crippen molar-refractivity contribution in [1.29, 1.82) is 0 Å². The molecule has 0 aliphatic carbocycles. The first-order chi connectivity index (χ1) is 3.80. The molecule has 1 aromatic carbocycles. The fourth-order valence-electron chi connectivity index (χ4n) is 0.438. The van der Waals surface area contributed by atoms with Gasteiger partial charge in [0.05, 0.1) is 0 Å². The Labute approximate surface area is 62.5 Å². The van der Waals surface area contributed by atoms with Crippen molar-refractivity contribution in [3.05, 3.63) is 24.3 Å². The standard InChI is InChI=1S/C6H5S.Cu/c7-6-4-2-1-3-5-6;/h1-4,7H;. The summed E-state index contributed by atoms with van der Waals surface area (Å²) < 4.78 is 0.795. The SMILES string of the molecule is Sc1cccc[c]1[Cu]. The van der Waals surface area contributed by atoms with Crippen LogP contribution in [-0.4, -0.2) is 0 Å². The van der Waals surface area contributed by atoms with Crippen molar-refractivity contribution < 1.29 is 16.0 Å². The summed E-state index contributed by atoms with van der Waals surface area (Å²) in [4.78, 5) is 0.868. The normalized spacial score (nSPS) is 9.38. The zero-order valence-electron chi connectivity index (χ0n) is 4.06. The van der Waals surface area contributed by atoms with Crippen LogP contribution in [0.3, 0.4) is 0 Å². The van der Waals surface area contributed by atoms with Crippen molar-refractivity contribution in [3.63, 3.8) is 0 Å². The average Bonchev–Trinajstić information content (AvgIpc) is 1.77. The summed E-state index contributed by atoms with van der Waals surface area (Å²) in [6, 6.07) is 7.54. The van der Waals surface area contributed by atoms with Crippen molar-refractivity contribution in [2.75, 3.05) is 0 Å². The molecule has 0 saturated carbocycles. The molecule has 0 bridgehead atoms. The van der Waals surface area contributed by atoms with Gasteiger partial charge in [-0.1, -0.05) is 0 Å². The van der Waals surface area contributed by atoms with Crippen molar-refractivity contribution in [2.24, 2.45) is 0 Å². The Balaban J connectivity index is 3.13. The molecule has 0 fully saturated rings. The van der Waals surface area contributed by atoms with Crippen molar-refractivity contribution >= 4 is 17.1 Å². The second kappa shape index (κ2) is 2.58. The molecule has 0 saturated heterocycles. The van der Waals surface area contributed by atoms with Crippen LogP contribution >= 0.6 is 12.6 Å². The number of benzene rings is 1. The van der Waals surface area contributed by atoms with Crippen molar-refractivity contribution in [1.82, 2.24) is 0 Å². The summed E-state index contributed by atoms with van der Waals surface area (Å²) in [6.07, 6.45) is 0. The molecule has 0 radical (unpaired) electrons. The molecule has 0 amide bonds. The van der Waals surface area contributed by atoms with Crippen LogP contribution in [0, 0.1) is 0 Å². The van der Waals surface area contributed by atoms with Gasteiger partial charge in [-0.15, -0.1) is 0 Å². The number of hydrogen-bond donors (Lipinski definition) is 1. The summed E-state index contributed by atoms with van der Waals surface area (Å²) in [5.74, 6) is 0. The van der Waals surface area contributed by atoms with E-state index in [1.165, 1.54) is 0 Å². The van der Waals surface area contributed by atoms with E-state index in [1.807, 2.05) is 24.3 Å². The summed E-state index contributed by atoms with van der Waals surface area (Å²) in [5.41, 5.74) is 0. The molecule has 0 unspecified atom stereocenters. The molecule has 0 aliphatic heterocycles. The van der Waals surface area contributed by atoms with Crippen LogP contribution in [0.2, 0.25) is 0 Å². The van der Waals surface area contributed by atoms with E-state index in [-0.39, 0.29) is 0 Å². The summed E-state index contributed by atoms with van der Waals surface area (Å²) in [7, 11) is 0.